The van der Waals surface area contributed by atoms with Crippen molar-refractivity contribution >= 4 is 5.78 Å². The number of Topliss-reactive ketones (excluding diaryl/α,β-unsaturated/α-hetero) is 1. The van der Waals surface area contributed by atoms with E-state index in [0.717, 1.165) is 30.2 Å². The molecule has 0 bridgehead atoms. The van der Waals surface area contributed by atoms with Gasteiger partial charge in [0.25, 0.3) is 0 Å². The Kier molecular flexibility index (Phi) is 3.55. The molecule has 0 saturated carbocycles. The minimum atomic E-state index is 0.0428. The van der Waals surface area contributed by atoms with Crippen molar-refractivity contribution < 1.29 is 4.79 Å². The molecule has 0 fully saturated rings. The molecule has 94 valence electrons. The summed E-state index contributed by atoms with van der Waals surface area (Å²) in [4.78, 5) is 16.1. The monoisotopic (exact) mass is 243 g/mol. The van der Waals surface area contributed by atoms with E-state index >= 15 is 0 Å². The molecule has 18 heavy (non-hydrogen) atoms. The first-order valence-corrected chi connectivity index (χ1v) is 6.22. The summed E-state index contributed by atoms with van der Waals surface area (Å²) in [7, 11) is 0. The zero-order chi connectivity index (χ0) is 13.1. The zero-order valence-corrected chi connectivity index (χ0v) is 11.0. The molecule has 0 aliphatic carbocycles. The van der Waals surface area contributed by atoms with Gasteiger partial charge in [-0.3, -0.25) is 4.79 Å². The minimum absolute atomic E-state index is 0.0428. The Morgan fingerprint density at radius 1 is 1.22 bits per heavy atom. The molecule has 1 aromatic carbocycles. The molecule has 0 N–H and O–H groups in total. The number of aryl methyl sites for hydroxylation is 2. The van der Waals surface area contributed by atoms with Gasteiger partial charge in [-0.2, -0.15) is 5.10 Å². The molecule has 0 radical (unpaired) electrons. The smallest absolute Gasteiger partial charge is 0.161 e. The fourth-order valence-electron chi connectivity index (χ4n) is 1.92. The van der Waals surface area contributed by atoms with Crippen LogP contribution in [0.1, 0.15) is 42.8 Å². The van der Waals surface area contributed by atoms with Crippen molar-refractivity contribution in [1.82, 2.24) is 14.8 Å². The molecule has 1 heterocycles. The zero-order valence-electron chi connectivity index (χ0n) is 11.0. The van der Waals surface area contributed by atoms with E-state index in [0.29, 0.717) is 5.56 Å². The lowest BCUT2D eigenvalue weighted by atomic mass is 10.1. The van der Waals surface area contributed by atoms with Crippen LogP contribution in [0.15, 0.2) is 24.3 Å². The molecule has 0 spiro atoms. The quantitative estimate of drug-likeness (QED) is 0.775. The predicted octanol–water partition coefficient (Wildman–Crippen LogP) is 2.59. The number of hydrogen-bond acceptors (Lipinski definition) is 3. The Bertz CT molecular complexity index is 572. The van der Waals surface area contributed by atoms with Gasteiger partial charge in [-0.25, -0.2) is 9.67 Å². The number of hydrogen-bond donors (Lipinski definition) is 0. The van der Waals surface area contributed by atoms with Crippen LogP contribution in [-0.4, -0.2) is 20.5 Å². The van der Waals surface area contributed by atoms with Crippen LogP contribution in [0.25, 0.3) is 5.69 Å². The van der Waals surface area contributed by atoms with Gasteiger partial charge in [-0.15, -0.1) is 0 Å². The van der Waals surface area contributed by atoms with Crippen LogP contribution in [0.5, 0.6) is 0 Å². The molecule has 2 rings (SSSR count). The van der Waals surface area contributed by atoms with Gasteiger partial charge in [0.1, 0.15) is 5.82 Å². The third-order valence-corrected chi connectivity index (χ3v) is 2.86. The van der Waals surface area contributed by atoms with Gasteiger partial charge in [0.15, 0.2) is 11.6 Å². The number of ketones is 1. The summed E-state index contributed by atoms with van der Waals surface area (Å²) < 4.78 is 1.79. The summed E-state index contributed by atoms with van der Waals surface area (Å²) in [5.74, 6) is 1.74. The van der Waals surface area contributed by atoms with Crippen molar-refractivity contribution in [3.8, 4) is 5.69 Å². The Morgan fingerprint density at radius 3 is 2.56 bits per heavy atom. The molecule has 2 aromatic rings. The van der Waals surface area contributed by atoms with E-state index in [9.17, 15) is 4.79 Å². The van der Waals surface area contributed by atoms with Crippen LogP contribution in [0.2, 0.25) is 0 Å². The molecule has 0 unspecified atom stereocenters. The Hall–Kier alpha value is -1.97. The standard InChI is InChI=1S/C14H17N3O/c1-4-13-15-14(5-2)17(16-13)12-9-7-6-8-11(12)10(3)18/h6-9H,4-5H2,1-3H3. The molecule has 1 aromatic heterocycles. The van der Waals surface area contributed by atoms with E-state index < -0.39 is 0 Å². The highest BCUT2D eigenvalue weighted by atomic mass is 16.1. The second-order valence-electron chi connectivity index (χ2n) is 4.14. The first-order valence-electron chi connectivity index (χ1n) is 6.22. The summed E-state index contributed by atoms with van der Waals surface area (Å²) in [6.45, 7) is 5.63. The third-order valence-electron chi connectivity index (χ3n) is 2.86. The van der Waals surface area contributed by atoms with Gasteiger partial charge < -0.3 is 0 Å². The maximum Gasteiger partial charge on any atom is 0.161 e. The number of carbonyl (C=O) groups excluding carboxylic acids is 1. The topological polar surface area (TPSA) is 47.8 Å². The molecular formula is C14H17N3O. The molecule has 0 atom stereocenters. The second kappa shape index (κ2) is 5.12. The molecule has 4 heteroatoms. The summed E-state index contributed by atoms with van der Waals surface area (Å²) in [6, 6.07) is 7.51. The van der Waals surface area contributed by atoms with Crippen molar-refractivity contribution in [2.75, 3.05) is 0 Å². The number of rotatable bonds is 4. The summed E-state index contributed by atoms with van der Waals surface area (Å²) in [6.07, 6.45) is 1.58. The van der Waals surface area contributed by atoms with Crippen molar-refractivity contribution in [1.29, 1.82) is 0 Å². The molecule has 4 nitrogen and oxygen atoms in total. The van der Waals surface area contributed by atoms with Gasteiger partial charge >= 0.3 is 0 Å². The van der Waals surface area contributed by atoms with Crippen molar-refractivity contribution in [2.24, 2.45) is 0 Å². The maximum absolute atomic E-state index is 11.7. The average Bonchev–Trinajstić information content (AvgIpc) is 2.81. The van der Waals surface area contributed by atoms with E-state index in [4.69, 9.17) is 0 Å². The number of nitrogens with zero attached hydrogens (tertiary/aromatic N) is 3. The molecule has 0 aliphatic rings. The number of aromatic nitrogens is 3. The van der Waals surface area contributed by atoms with E-state index in [1.165, 1.54) is 0 Å². The molecular weight excluding hydrogens is 226 g/mol. The first kappa shape index (κ1) is 12.5. The van der Waals surface area contributed by atoms with Crippen LogP contribution in [0.3, 0.4) is 0 Å². The normalized spacial score (nSPS) is 10.6. The highest BCUT2D eigenvalue weighted by molar-refractivity contribution is 5.97. The van der Waals surface area contributed by atoms with E-state index in [-0.39, 0.29) is 5.78 Å². The highest BCUT2D eigenvalue weighted by Crippen LogP contribution is 2.16. The summed E-state index contributed by atoms with van der Waals surface area (Å²) in [5.41, 5.74) is 1.49. The van der Waals surface area contributed by atoms with Crippen LogP contribution >= 0.6 is 0 Å². The van der Waals surface area contributed by atoms with Crippen molar-refractivity contribution in [3.63, 3.8) is 0 Å². The fourth-order valence-corrected chi connectivity index (χ4v) is 1.92. The van der Waals surface area contributed by atoms with E-state index in [1.807, 2.05) is 38.1 Å². The minimum Gasteiger partial charge on any atom is -0.294 e. The molecule has 0 aliphatic heterocycles. The first-order chi connectivity index (χ1) is 8.67. The fraction of sp³-hybridized carbons (Fsp3) is 0.357. The van der Waals surface area contributed by atoms with Crippen molar-refractivity contribution in [2.45, 2.75) is 33.6 Å². The highest BCUT2D eigenvalue weighted by Gasteiger charge is 2.14. The van der Waals surface area contributed by atoms with Gasteiger partial charge in [0.05, 0.1) is 5.69 Å². The Labute approximate surface area is 107 Å². The lowest BCUT2D eigenvalue weighted by molar-refractivity contribution is 0.101. The number of benzene rings is 1. The predicted molar refractivity (Wildman–Crippen MR) is 70.1 cm³/mol. The largest absolute Gasteiger partial charge is 0.294 e. The van der Waals surface area contributed by atoms with Gasteiger partial charge in [0.2, 0.25) is 0 Å². The van der Waals surface area contributed by atoms with Crippen LogP contribution in [0, 0.1) is 0 Å². The lowest BCUT2D eigenvalue weighted by Crippen LogP contribution is -2.07. The second-order valence-corrected chi connectivity index (χ2v) is 4.14. The molecule has 0 saturated heterocycles. The third kappa shape index (κ3) is 2.18. The number of carbonyl (C=O) groups is 1. The van der Waals surface area contributed by atoms with E-state index in [2.05, 4.69) is 10.1 Å². The Morgan fingerprint density at radius 2 is 1.94 bits per heavy atom. The molecule has 0 amide bonds. The Balaban J connectivity index is 2.61. The van der Waals surface area contributed by atoms with Gasteiger partial charge in [-0.05, 0) is 19.1 Å². The number of para-hydroxylation sites is 1. The average molecular weight is 243 g/mol. The van der Waals surface area contributed by atoms with Crippen molar-refractivity contribution in [3.05, 3.63) is 41.5 Å². The SMILES string of the molecule is CCc1nc(CC)n(-c2ccccc2C(C)=O)n1. The van der Waals surface area contributed by atoms with E-state index in [1.54, 1.807) is 11.6 Å². The summed E-state index contributed by atoms with van der Waals surface area (Å²) in [5, 5.41) is 4.47. The van der Waals surface area contributed by atoms with Gasteiger partial charge in [-0.1, -0.05) is 26.0 Å². The van der Waals surface area contributed by atoms with Crippen LogP contribution < -0.4 is 0 Å². The lowest BCUT2D eigenvalue weighted by Gasteiger charge is -2.08. The van der Waals surface area contributed by atoms with Gasteiger partial charge in [0, 0.05) is 18.4 Å². The van der Waals surface area contributed by atoms with Crippen LogP contribution in [-0.2, 0) is 12.8 Å². The maximum atomic E-state index is 11.7. The van der Waals surface area contributed by atoms with Crippen LogP contribution in [0.4, 0.5) is 0 Å². The summed E-state index contributed by atoms with van der Waals surface area (Å²) >= 11 is 0.